The molecule has 3 rings (SSSR count). The van der Waals surface area contributed by atoms with Crippen LogP contribution in [0.5, 0.6) is 0 Å². The van der Waals surface area contributed by atoms with E-state index in [1.807, 2.05) is 45.0 Å². The number of aryl methyl sites for hydroxylation is 1. The van der Waals surface area contributed by atoms with Crippen molar-refractivity contribution < 1.29 is 9.18 Å². The van der Waals surface area contributed by atoms with Gasteiger partial charge in [-0.25, -0.2) is 9.37 Å². The van der Waals surface area contributed by atoms with E-state index in [0.29, 0.717) is 16.9 Å². The number of rotatable bonds is 5. The lowest BCUT2D eigenvalue weighted by Crippen LogP contribution is -2.30. The summed E-state index contributed by atoms with van der Waals surface area (Å²) in [6.07, 6.45) is 3.52. The first-order chi connectivity index (χ1) is 14.3. The Morgan fingerprint density at radius 3 is 2.70 bits per heavy atom. The molecule has 0 bridgehead atoms. The summed E-state index contributed by atoms with van der Waals surface area (Å²) in [5.74, 6) is -0.316. The van der Waals surface area contributed by atoms with Crippen molar-refractivity contribution in [2.75, 3.05) is 10.6 Å². The van der Waals surface area contributed by atoms with Crippen LogP contribution in [0.2, 0.25) is 5.02 Å². The van der Waals surface area contributed by atoms with Crippen molar-refractivity contribution in [1.82, 2.24) is 9.97 Å². The summed E-state index contributed by atoms with van der Waals surface area (Å²) >= 11 is 5.77. The van der Waals surface area contributed by atoms with Gasteiger partial charge in [-0.15, -0.1) is 0 Å². The van der Waals surface area contributed by atoms with Crippen LogP contribution in [0.15, 0.2) is 42.6 Å². The average molecular weight is 425 g/mol. The van der Waals surface area contributed by atoms with Gasteiger partial charge in [0.05, 0.1) is 28.0 Å². The topological polar surface area (TPSA) is 66.9 Å². The van der Waals surface area contributed by atoms with E-state index in [-0.39, 0.29) is 22.5 Å². The standard InChI is InChI=1S/C23H22ClFN4O/c1-5-21-15(4)28-22(12-26-21)27-14(3)18-11-17(8-6-13(18)2)29-23(30)16-7-9-20(25)19(24)10-16/h5-12,14H,4H2,1-3H3,(H,27,28)(H,29,30)/b21-5+. The molecule has 0 saturated heterocycles. The van der Waals surface area contributed by atoms with E-state index in [2.05, 4.69) is 27.2 Å². The maximum atomic E-state index is 13.3. The Morgan fingerprint density at radius 1 is 1.27 bits per heavy atom. The molecule has 5 nitrogen and oxygen atoms in total. The molecule has 1 atom stereocenters. The maximum absolute atomic E-state index is 13.3. The minimum Gasteiger partial charge on any atom is -0.362 e. The van der Waals surface area contributed by atoms with Crippen molar-refractivity contribution in [3.63, 3.8) is 0 Å². The average Bonchev–Trinajstić information content (AvgIpc) is 2.71. The first-order valence-electron chi connectivity index (χ1n) is 9.40. The monoisotopic (exact) mass is 424 g/mol. The molecule has 0 radical (unpaired) electrons. The third-order valence-corrected chi connectivity index (χ3v) is 4.99. The van der Waals surface area contributed by atoms with Crippen LogP contribution in [0.4, 0.5) is 15.9 Å². The van der Waals surface area contributed by atoms with Crippen molar-refractivity contribution in [1.29, 1.82) is 0 Å². The van der Waals surface area contributed by atoms with Gasteiger partial charge in [0, 0.05) is 11.3 Å². The number of benzene rings is 2. The number of hydrogen-bond donors (Lipinski definition) is 2. The Labute approximate surface area is 179 Å². The van der Waals surface area contributed by atoms with Gasteiger partial charge in [-0.2, -0.15) is 0 Å². The zero-order valence-electron chi connectivity index (χ0n) is 17.0. The van der Waals surface area contributed by atoms with Crippen molar-refractivity contribution in [3.8, 4) is 0 Å². The first kappa shape index (κ1) is 21.5. The first-order valence-corrected chi connectivity index (χ1v) is 9.78. The van der Waals surface area contributed by atoms with Gasteiger partial charge < -0.3 is 10.6 Å². The van der Waals surface area contributed by atoms with Crippen LogP contribution in [0.1, 0.15) is 41.4 Å². The van der Waals surface area contributed by atoms with E-state index in [0.717, 1.165) is 16.5 Å². The molecule has 0 fully saturated rings. The number of anilines is 2. The predicted octanol–water partition coefficient (Wildman–Crippen LogP) is 4.21. The van der Waals surface area contributed by atoms with E-state index < -0.39 is 5.82 Å². The Bertz CT molecular complexity index is 1210. The van der Waals surface area contributed by atoms with E-state index in [1.165, 1.54) is 18.2 Å². The van der Waals surface area contributed by atoms with Gasteiger partial charge in [-0.3, -0.25) is 9.78 Å². The van der Waals surface area contributed by atoms with Crippen molar-refractivity contribution in [2.24, 2.45) is 0 Å². The Morgan fingerprint density at radius 2 is 2.03 bits per heavy atom. The molecule has 2 aromatic carbocycles. The van der Waals surface area contributed by atoms with Crippen molar-refractivity contribution >= 4 is 41.7 Å². The normalized spacial score (nSPS) is 12.5. The number of carbonyl (C=O) groups excluding carboxylic acids is 1. The van der Waals surface area contributed by atoms with Gasteiger partial charge in [0.15, 0.2) is 0 Å². The van der Waals surface area contributed by atoms with E-state index in [1.54, 1.807) is 6.20 Å². The SMILES string of the molecule is C=c1nc(NC(C)c2cc(NC(=O)c3ccc(F)c(Cl)c3)ccc2C)cn/c1=C/C. The number of amides is 1. The molecular formula is C23H22ClFN4O. The molecule has 30 heavy (non-hydrogen) atoms. The molecule has 0 aliphatic carbocycles. The summed E-state index contributed by atoms with van der Waals surface area (Å²) in [7, 11) is 0. The third-order valence-electron chi connectivity index (χ3n) is 4.70. The lowest BCUT2D eigenvalue weighted by atomic mass is 10.0. The number of carbonyl (C=O) groups is 1. The van der Waals surface area contributed by atoms with E-state index in [4.69, 9.17) is 11.6 Å². The molecule has 0 aliphatic rings. The second kappa shape index (κ2) is 9.05. The number of hydrogen-bond acceptors (Lipinski definition) is 4. The van der Waals surface area contributed by atoms with Crippen LogP contribution in [-0.2, 0) is 0 Å². The molecule has 0 saturated carbocycles. The van der Waals surface area contributed by atoms with Crippen LogP contribution < -0.4 is 21.3 Å². The van der Waals surface area contributed by atoms with Gasteiger partial charge in [0.1, 0.15) is 11.6 Å². The van der Waals surface area contributed by atoms with Crippen molar-refractivity contribution in [3.05, 3.63) is 80.8 Å². The molecule has 3 aromatic rings. The van der Waals surface area contributed by atoms with Crippen LogP contribution in [0.3, 0.4) is 0 Å². The summed E-state index contributed by atoms with van der Waals surface area (Å²) in [6.45, 7) is 9.79. The molecule has 7 heteroatoms. The fourth-order valence-corrected chi connectivity index (χ4v) is 3.25. The van der Waals surface area contributed by atoms with Crippen LogP contribution >= 0.6 is 11.6 Å². The summed E-state index contributed by atoms with van der Waals surface area (Å²) in [5, 5.41) is 7.40. The number of nitrogens with zero attached hydrogens (tertiary/aromatic N) is 2. The Balaban J connectivity index is 1.80. The number of aromatic nitrogens is 2. The highest BCUT2D eigenvalue weighted by Gasteiger charge is 2.13. The highest BCUT2D eigenvalue weighted by molar-refractivity contribution is 6.31. The third kappa shape index (κ3) is 4.83. The molecule has 1 amide bonds. The smallest absolute Gasteiger partial charge is 0.255 e. The summed E-state index contributed by atoms with van der Waals surface area (Å²) < 4.78 is 13.3. The lowest BCUT2D eigenvalue weighted by molar-refractivity contribution is 0.102. The minimum absolute atomic E-state index is 0.0905. The zero-order chi connectivity index (χ0) is 21.8. The maximum Gasteiger partial charge on any atom is 0.255 e. The summed E-state index contributed by atoms with van der Waals surface area (Å²) in [6, 6.07) is 9.40. The number of nitrogens with one attached hydrogen (secondary N) is 2. The minimum atomic E-state index is -0.566. The molecule has 154 valence electrons. The molecule has 0 spiro atoms. The van der Waals surface area contributed by atoms with Gasteiger partial charge in [-0.1, -0.05) is 30.3 Å². The second-order valence-electron chi connectivity index (χ2n) is 6.90. The molecule has 1 unspecified atom stereocenters. The molecular weight excluding hydrogens is 403 g/mol. The molecule has 1 aromatic heterocycles. The molecule has 1 heterocycles. The van der Waals surface area contributed by atoms with Gasteiger partial charge in [0.25, 0.3) is 5.91 Å². The second-order valence-corrected chi connectivity index (χ2v) is 7.30. The van der Waals surface area contributed by atoms with Gasteiger partial charge >= 0.3 is 0 Å². The highest BCUT2D eigenvalue weighted by atomic mass is 35.5. The fourth-order valence-electron chi connectivity index (χ4n) is 3.07. The quantitative estimate of drug-likeness (QED) is 0.643. The van der Waals surface area contributed by atoms with Crippen LogP contribution in [0, 0.1) is 12.7 Å². The Hall–Kier alpha value is -3.25. The van der Waals surface area contributed by atoms with Crippen molar-refractivity contribution in [2.45, 2.75) is 26.8 Å². The highest BCUT2D eigenvalue weighted by Crippen LogP contribution is 2.25. The van der Waals surface area contributed by atoms with Gasteiger partial charge in [-0.05, 0) is 62.2 Å². The zero-order valence-corrected chi connectivity index (χ0v) is 17.7. The molecule has 0 aliphatic heterocycles. The van der Waals surface area contributed by atoms with Crippen LogP contribution in [-0.4, -0.2) is 15.9 Å². The fraction of sp³-hybridized carbons (Fsp3) is 0.174. The van der Waals surface area contributed by atoms with E-state index >= 15 is 0 Å². The lowest BCUT2D eigenvalue weighted by Gasteiger charge is -2.18. The van der Waals surface area contributed by atoms with Crippen LogP contribution in [0.25, 0.3) is 12.7 Å². The largest absolute Gasteiger partial charge is 0.362 e. The predicted molar refractivity (Wildman–Crippen MR) is 120 cm³/mol. The molecule has 2 N–H and O–H groups in total. The summed E-state index contributed by atoms with van der Waals surface area (Å²) in [5.41, 5.74) is 2.94. The Kier molecular flexibility index (Phi) is 6.47. The van der Waals surface area contributed by atoms with E-state index in [9.17, 15) is 9.18 Å². The van der Waals surface area contributed by atoms with Gasteiger partial charge in [0.2, 0.25) is 0 Å². The number of halogens is 2. The summed E-state index contributed by atoms with van der Waals surface area (Å²) in [4.78, 5) is 21.3.